The smallest absolute Gasteiger partial charge is 0.0794 e. The first-order valence-corrected chi connectivity index (χ1v) is 38.4. The van der Waals surface area contributed by atoms with Crippen LogP contribution in [-0.4, -0.2) is 9.97 Å². The molecular formula is C110H74N2. The van der Waals surface area contributed by atoms with Gasteiger partial charge in [0, 0.05) is 33.0 Å². The Balaban J connectivity index is 0.000000151. The summed E-state index contributed by atoms with van der Waals surface area (Å²) < 4.78 is 0. The Morgan fingerprint density at radius 3 is 0.804 bits per heavy atom. The van der Waals surface area contributed by atoms with Gasteiger partial charge in [-0.1, -0.05) is 376 Å². The van der Waals surface area contributed by atoms with Crippen molar-refractivity contribution in [1.29, 1.82) is 0 Å². The summed E-state index contributed by atoms with van der Waals surface area (Å²) in [5.41, 5.74) is 32.2. The highest BCUT2D eigenvalue weighted by molar-refractivity contribution is 6.10. The minimum atomic E-state index is 0.955. The van der Waals surface area contributed by atoms with Crippen molar-refractivity contribution in [1.82, 2.24) is 9.97 Å². The zero-order chi connectivity index (χ0) is 74.5. The summed E-state index contributed by atoms with van der Waals surface area (Å²) in [5.74, 6) is 0. The van der Waals surface area contributed by atoms with Crippen LogP contribution in [0.4, 0.5) is 0 Å². The summed E-state index contributed by atoms with van der Waals surface area (Å²) in [6.07, 6.45) is 0. The Hall–Kier alpha value is -14.7. The molecule has 0 spiro atoms. The monoisotopic (exact) mass is 1420 g/mol. The molecule has 0 bridgehead atoms. The predicted molar refractivity (Wildman–Crippen MR) is 475 cm³/mol. The molecule has 20 aromatic rings. The molecule has 0 aliphatic carbocycles. The van der Waals surface area contributed by atoms with Crippen LogP contribution in [0.15, 0.2) is 449 Å². The molecule has 2 aromatic heterocycles. The summed E-state index contributed by atoms with van der Waals surface area (Å²) >= 11 is 0. The predicted octanol–water partition coefficient (Wildman–Crippen LogP) is 30.1. The molecular weight excluding hydrogens is 1350 g/mol. The molecule has 20 rings (SSSR count). The summed E-state index contributed by atoms with van der Waals surface area (Å²) in [6, 6.07) is 161. The zero-order valence-electron chi connectivity index (χ0n) is 61.6. The number of rotatable bonds is 14. The average Bonchev–Trinajstić information content (AvgIpc) is 0.756. The third kappa shape index (κ3) is 14.0. The van der Waals surface area contributed by atoms with Gasteiger partial charge in [-0.25, -0.2) is 9.97 Å². The minimum Gasteiger partial charge on any atom is -0.247 e. The van der Waals surface area contributed by atoms with Crippen LogP contribution >= 0.6 is 0 Å². The quantitative estimate of drug-likeness (QED) is 0.108. The molecule has 18 aromatic carbocycles. The number of aromatic nitrogens is 2. The fourth-order valence-corrected chi connectivity index (χ4v) is 16.0. The summed E-state index contributed by atoms with van der Waals surface area (Å²) in [7, 11) is 0. The fourth-order valence-electron chi connectivity index (χ4n) is 16.0. The molecule has 0 aliphatic rings. The Morgan fingerprint density at radius 2 is 0.366 bits per heavy atom. The number of benzene rings is 18. The van der Waals surface area contributed by atoms with Gasteiger partial charge in [0.05, 0.1) is 22.8 Å². The lowest BCUT2D eigenvalue weighted by Gasteiger charge is -2.15. The number of hydrogen-bond acceptors (Lipinski definition) is 2. The van der Waals surface area contributed by atoms with E-state index in [1.807, 2.05) is 0 Å². The van der Waals surface area contributed by atoms with Crippen molar-refractivity contribution in [2.45, 2.75) is 0 Å². The third-order valence-electron chi connectivity index (χ3n) is 21.7. The standard InChI is InChI=1S/2C55H37N/c1-4-16-38(17-5-1)46-34-47(39-18-6-2-7-19-39)36-48(35-46)43-25-14-23-41(32-43)42-24-15-26-45(33-42)54-37-44-22-10-11-27-50(44)55(56-54)53-31-30-49(40-20-8-3-9-21-40)51-28-12-13-29-52(51)53;1-3-14-38(15-4-1)48-34-49(39-16-5-2-6-17-39)36-50(35-48)45-23-11-21-43(32-45)44-22-12-24-47(33-44)54-37-46-19-8-10-26-53(46)55(56-54)42-30-28-41(29-31-42)52-27-13-20-40-18-7-9-25-51(40)52/h2*1-37H. The van der Waals surface area contributed by atoms with E-state index in [9.17, 15) is 0 Å². The van der Waals surface area contributed by atoms with Gasteiger partial charge in [-0.2, -0.15) is 0 Å². The lowest BCUT2D eigenvalue weighted by Crippen LogP contribution is -1.93. The van der Waals surface area contributed by atoms with Crippen LogP contribution in [0.3, 0.4) is 0 Å². The van der Waals surface area contributed by atoms with Crippen LogP contribution in [0, 0.1) is 0 Å². The molecule has 0 aliphatic heterocycles. The van der Waals surface area contributed by atoms with Crippen molar-refractivity contribution >= 4 is 43.1 Å². The largest absolute Gasteiger partial charge is 0.247 e. The maximum absolute atomic E-state index is 5.47. The van der Waals surface area contributed by atoms with E-state index in [-0.39, 0.29) is 0 Å². The molecule has 2 heteroatoms. The van der Waals surface area contributed by atoms with Crippen molar-refractivity contribution < 1.29 is 0 Å². The Morgan fingerprint density at radius 1 is 0.116 bits per heavy atom. The van der Waals surface area contributed by atoms with Crippen molar-refractivity contribution in [3.63, 3.8) is 0 Å². The number of nitrogens with zero attached hydrogens (tertiary/aromatic N) is 2. The van der Waals surface area contributed by atoms with Crippen LogP contribution in [0.2, 0.25) is 0 Å². The molecule has 0 saturated heterocycles. The maximum Gasteiger partial charge on any atom is 0.0794 e. The number of fused-ring (bicyclic) bond motifs is 4. The first-order chi connectivity index (χ1) is 55.5. The van der Waals surface area contributed by atoms with E-state index in [1.165, 1.54) is 132 Å². The first-order valence-electron chi connectivity index (χ1n) is 38.4. The first kappa shape index (κ1) is 67.9. The second-order valence-electron chi connectivity index (χ2n) is 28.7. The van der Waals surface area contributed by atoms with E-state index >= 15 is 0 Å². The molecule has 524 valence electrons. The molecule has 0 unspecified atom stereocenters. The highest BCUT2D eigenvalue weighted by atomic mass is 14.7. The average molecular weight is 1420 g/mol. The van der Waals surface area contributed by atoms with Gasteiger partial charge in [-0.3, -0.25) is 0 Å². The second kappa shape index (κ2) is 30.5. The Kier molecular flexibility index (Phi) is 18.5. The molecule has 0 radical (unpaired) electrons. The van der Waals surface area contributed by atoms with Crippen LogP contribution in [-0.2, 0) is 0 Å². The Labute approximate surface area is 653 Å². The van der Waals surface area contributed by atoms with Gasteiger partial charge >= 0.3 is 0 Å². The zero-order valence-corrected chi connectivity index (χ0v) is 61.6. The van der Waals surface area contributed by atoms with E-state index in [0.717, 1.165) is 66.9 Å². The summed E-state index contributed by atoms with van der Waals surface area (Å²) in [5, 5.41) is 9.56. The van der Waals surface area contributed by atoms with Crippen LogP contribution < -0.4 is 0 Å². The van der Waals surface area contributed by atoms with E-state index in [4.69, 9.17) is 9.97 Å². The lowest BCUT2D eigenvalue weighted by atomic mass is 9.91. The molecule has 0 fully saturated rings. The Bertz CT molecular complexity index is 6710. The van der Waals surface area contributed by atoms with Crippen LogP contribution in [0.1, 0.15) is 0 Å². The number of hydrogen-bond donors (Lipinski definition) is 0. The van der Waals surface area contributed by atoms with Crippen molar-refractivity contribution in [2.24, 2.45) is 0 Å². The van der Waals surface area contributed by atoms with Crippen molar-refractivity contribution in [2.75, 3.05) is 0 Å². The second-order valence-corrected chi connectivity index (χ2v) is 28.7. The van der Waals surface area contributed by atoms with Gasteiger partial charge in [0.2, 0.25) is 0 Å². The highest BCUT2D eigenvalue weighted by Crippen LogP contribution is 2.43. The van der Waals surface area contributed by atoms with E-state index in [0.29, 0.717) is 0 Å². The lowest BCUT2D eigenvalue weighted by molar-refractivity contribution is 1.35. The van der Waals surface area contributed by atoms with Crippen molar-refractivity contribution in [3.05, 3.63) is 449 Å². The van der Waals surface area contributed by atoms with Crippen molar-refractivity contribution in [3.8, 4) is 156 Å². The molecule has 0 amide bonds. The fraction of sp³-hybridized carbons (Fsp3) is 0. The van der Waals surface area contributed by atoms with Crippen LogP contribution in [0.25, 0.3) is 199 Å². The topological polar surface area (TPSA) is 25.8 Å². The van der Waals surface area contributed by atoms with Gasteiger partial charge in [0.15, 0.2) is 0 Å². The normalized spacial score (nSPS) is 11.2. The van der Waals surface area contributed by atoms with Crippen LogP contribution in [0.5, 0.6) is 0 Å². The molecule has 112 heavy (non-hydrogen) atoms. The molecule has 0 saturated carbocycles. The highest BCUT2D eigenvalue weighted by Gasteiger charge is 2.19. The SMILES string of the molecule is c1ccc(-c2cc(-c3ccccc3)cc(-c3cccc(-c4cccc(-c5cc6ccccc6c(-c6ccc(-c7cccc8ccccc78)cc6)n5)c4)c3)c2)cc1.c1ccc(-c2cc(-c3ccccc3)cc(-c3cccc(-c4cccc(-c5cc6ccccc6c(-c6ccc(-c7ccccc7)c7ccccc67)n5)c4)c3)c2)cc1. The van der Waals surface area contributed by atoms with E-state index < -0.39 is 0 Å². The molecule has 0 atom stereocenters. The van der Waals surface area contributed by atoms with E-state index in [1.54, 1.807) is 0 Å². The molecule has 2 nitrogen and oxygen atoms in total. The van der Waals surface area contributed by atoms with E-state index in [2.05, 4.69) is 449 Å². The van der Waals surface area contributed by atoms with Gasteiger partial charge in [0.1, 0.15) is 0 Å². The third-order valence-corrected chi connectivity index (χ3v) is 21.7. The molecule has 2 heterocycles. The maximum atomic E-state index is 5.47. The van der Waals surface area contributed by atoms with Gasteiger partial charge in [-0.05, 0) is 216 Å². The molecule has 0 N–H and O–H groups in total. The summed E-state index contributed by atoms with van der Waals surface area (Å²) in [4.78, 5) is 10.8. The van der Waals surface area contributed by atoms with Gasteiger partial charge < -0.3 is 0 Å². The summed E-state index contributed by atoms with van der Waals surface area (Å²) in [6.45, 7) is 0. The number of pyridine rings is 2. The van der Waals surface area contributed by atoms with Gasteiger partial charge in [-0.15, -0.1) is 0 Å². The minimum absolute atomic E-state index is 0.955. The van der Waals surface area contributed by atoms with Gasteiger partial charge in [0.25, 0.3) is 0 Å².